The highest BCUT2D eigenvalue weighted by molar-refractivity contribution is 6.06. The number of benzene rings is 2. The van der Waals surface area contributed by atoms with E-state index >= 15 is 0 Å². The topological polar surface area (TPSA) is 112 Å². The molecule has 0 saturated carbocycles. The summed E-state index contributed by atoms with van der Waals surface area (Å²) in [5.41, 5.74) is 1.64. The van der Waals surface area contributed by atoms with Gasteiger partial charge in [-0.1, -0.05) is 19.9 Å². The Bertz CT molecular complexity index is 1600. The zero-order valence-electron chi connectivity index (χ0n) is 23.8. The van der Waals surface area contributed by atoms with Gasteiger partial charge >= 0.3 is 6.18 Å². The predicted octanol–water partition coefficient (Wildman–Crippen LogP) is 5.38. The van der Waals surface area contributed by atoms with Crippen molar-refractivity contribution in [1.29, 1.82) is 0 Å². The highest BCUT2D eigenvalue weighted by Gasteiger charge is 2.32. The quantitative estimate of drug-likeness (QED) is 0.231. The number of rotatable bonds is 10. The van der Waals surface area contributed by atoms with Gasteiger partial charge in [-0.2, -0.15) is 18.2 Å². The number of fused-ring (bicyclic) bond motifs is 1. The maximum absolute atomic E-state index is 13.7. The predicted molar refractivity (Wildman–Crippen MR) is 157 cm³/mol. The summed E-state index contributed by atoms with van der Waals surface area (Å²) in [5.74, 6) is -0.845. The molecule has 0 spiro atoms. The van der Waals surface area contributed by atoms with Gasteiger partial charge in [0, 0.05) is 60.3 Å². The van der Waals surface area contributed by atoms with Gasteiger partial charge in [0.05, 0.1) is 5.56 Å². The smallest absolute Gasteiger partial charge is 0.357 e. The zero-order chi connectivity index (χ0) is 30.4. The van der Waals surface area contributed by atoms with Crippen molar-refractivity contribution >= 4 is 34.5 Å². The molecule has 0 aliphatic carbocycles. The molecule has 12 heteroatoms. The van der Waals surface area contributed by atoms with Crippen LogP contribution in [0.1, 0.15) is 45.7 Å². The number of carbonyl (C=O) groups excluding carboxylic acids is 2. The average Bonchev–Trinajstić information content (AvgIpc) is 2.98. The average molecular weight is 580 g/mol. The Morgan fingerprint density at radius 3 is 2.38 bits per heavy atom. The van der Waals surface area contributed by atoms with Gasteiger partial charge in [-0.15, -0.1) is 0 Å². The number of nitrogens with zero attached hydrogens (tertiary/aromatic N) is 4. The molecule has 2 heterocycles. The standard InChI is InChI=1S/C30H32F3N7O2/c1-5-40(6-2)10-9-35-27(41)20-12-23(30(31,32)33)15-24(13-20)38-28(42)19-8-7-18(3)25(14-19)21-11-22-17-37-29(34-4)39-26(22)36-16-21/h7-8,11-17H,5-6,9-10H2,1-4H3,(H,35,41)(H,38,42)(H,34,36,37,39). The lowest BCUT2D eigenvalue weighted by molar-refractivity contribution is -0.137. The summed E-state index contributed by atoms with van der Waals surface area (Å²) in [7, 11) is 1.71. The molecular formula is C30H32F3N7O2. The van der Waals surface area contributed by atoms with Gasteiger partial charge in [-0.25, -0.2) is 9.97 Å². The van der Waals surface area contributed by atoms with E-state index in [2.05, 4.69) is 35.8 Å². The Morgan fingerprint density at radius 2 is 1.69 bits per heavy atom. The molecule has 0 saturated heterocycles. The van der Waals surface area contributed by atoms with E-state index in [4.69, 9.17) is 0 Å². The van der Waals surface area contributed by atoms with Crippen LogP contribution in [0.15, 0.2) is 54.9 Å². The van der Waals surface area contributed by atoms with Gasteiger partial charge in [0.1, 0.15) is 0 Å². The molecule has 9 nitrogen and oxygen atoms in total. The van der Waals surface area contributed by atoms with Crippen molar-refractivity contribution < 1.29 is 22.8 Å². The van der Waals surface area contributed by atoms with E-state index < -0.39 is 23.6 Å². The number of aryl methyl sites for hydroxylation is 1. The molecule has 0 fully saturated rings. The second kappa shape index (κ2) is 12.9. The first-order valence-electron chi connectivity index (χ1n) is 13.5. The molecule has 2 amide bonds. The fourth-order valence-electron chi connectivity index (χ4n) is 4.43. The molecule has 2 aromatic heterocycles. The Kier molecular flexibility index (Phi) is 9.36. The van der Waals surface area contributed by atoms with Crippen molar-refractivity contribution in [3.05, 3.63) is 77.1 Å². The molecule has 0 unspecified atom stereocenters. The van der Waals surface area contributed by atoms with Crippen LogP contribution in [0.4, 0.5) is 24.8 Å². The van der Waals surface area contributed by atoms with Crippen LogP contribution < -0.4 is 16.0 Å². The Hall–Kier alpha value is -4.58. The number of halogens is 3. The molecule has 0 radical (unpaired) electrons. The number of likely N-dealkylation sites (N-methyl/N-ethyl adjacent to an activating group) is 1. The van der Waals surface area contributed by atoms with E-state index in [0.717, 1.165) is 36.3 Å². The molecule has 0 aliphatic rings. The highest BCUT2D eigenvalue weighted by atomic mass is 19.4. The van der Waals surface area contributed by atoms with Gasteiger partial charge in [-0.05, 0) is 67.5 Å². The number of pyridine rings is 1. The van der Waals surface area contributed by atoms with Crippen LogP contribution in [0.3, 0.4) is 0 Å². The SMILES string of the molecule is CCN(CC)CCNC(=O)c1cc(NC(=O)c2ccc(C)c(-c3cnc4nc(NC)ncc4c3)c2)cc(C(F)(F)F)c1. The minimum absolute atomic E-state index is 0.143. The van der Waals surface area contributed by atoms with Crippen LogP contribution in [-0.4, -0.2) is 64.9 Å². The van der Waals surface area contributed by atoms with Gasteiger partial charge in [0.2, 0.25) is 5.95 Å². The minimum Gasteiger partial charge on any atom is -0.357 e. The van der Waals surface area contributed by atoms with Crippen molar-refractivity contribution in [1.82, 2.24) is 25.2 Å². The van der Waals surface area contributed by atoms with Crippen molar-refractivity contribution in [3.8, 4) is 11.1 Å². The molecule has 220 valence electrons. The lowest BCUT2D eigenvalue weighted by atomic mass is 9.98. The number of hydrogen-bond donors (Lipinski definition) is 3. The summed E-state index contributed by atoms with van der Waals surface area (Å²) in [6, 6.07) is 9.65. The molecule has 4 rings (SSSR count). The molecule has 0 atom stereocenters. The van der Waals surface area contributed by atoms with E-state index in [1.807, 2.05) is 26.8 Å². The first-order valence-corrected chi connectivity index (χ1v) is 13.5. The van der Waals surface area contributed by atoms with Gasteiger partial charge in [-0.3, -0.25) is 9.59 Å². The van der Waals surface area contributed by atoms with Crippen LogP contribution in [0.2, 0.25) is 0 Å². The van der Waals surface area contributed by atoms with E-state index in [-0.39, 0.29) is 23.4 Å². The minimum atomic E-state index is -4.71. The third-order valence-electron chi connectivity index (χ3n) is 6.86. The molecule has 2 aromatic carbocycles. The van der Waals surface area contributed by atoms with Crippen molar-refractivity contribution in [3.63, 3.8) is 0 Å². The molecule has 0 bridgehead atoms. The van der Waals surface area contributed by atoms with Crippen LogP contribution in [0.5, 0.6) is 0 Å². The van der Waals surface area contributed by atoms with Gasteiger partial charge in [0.25, 0.3) is 11.8 Å². The monoisotopic (exact) mass is 579 g/mol. The number of nitrogens with one attached hydrogen (secondary N) is 3. The van der Waals surface area contributed by atoms with Crippen LogP contribution in [-0.2, 0) is 6.18 Å². The Balaban J connectivity index is 1.59. The molecule has 0 aliphatic heterocycles. The summed E-state index contributed by atoms with van der Waals surface area (Å²) < 4.78 is 41.1. The Labute approximate surface area is 241 Å². The summed E-state index contributed by atoms with van der Waals surface area (Å²) >= 11 is 0. The van der Waals surface area contributed by atoms with Gasteiger partial charge in [0.15, 0.2) is 5.65 Å². The largest absolute Gasteiger partial charge is 0.416 e. The van der Waals surface area contributed by atoms with Gasteiger partial charge < -0.3 is 20.9 Å². The fraction of sp³-hybridized carbons (Fsp3) is 0.300. The second-order valence-corrected chi connectivity index (χ2v) is 9.64. The van der Waals surface area contributed by atoms with Crippen molar-refractivity contribution in [2.45, 2.75) is 26.9 Å². The number of anilines is 2. The maximum atomic E-state index is 13.7. The third-order valence-corrected chi connectivity index (χ3v) is 6.86. The normalized spacial score (nSPS) is 11.5. The second-order valence-electron chi connectivity index (χ2n) is 9.64. The molecule has 42 heavy (non-hydrogen) atoms. The van der Waals surface area contributed by atoms with Crippen LogP contribution in [0.25, 0.3) is 22.2 Å². The molecule has 4 aromatic rings. The van der Waals surface area contributed by atoms with Crippen molar-refractivity contribution in [2.75, 3.05) is 43.9 Å². The summed E-state index contributed by atoms with van der Waals surface area (Å²) in [6.07, 6.45) is -1.44. The zero-order valence-corrected chi connectivity index (χ0v) is 23.8. The Morgan fingerprint density at radius 1 is 0.929 bits per heavy atom. The summed E-state index contributed by atoms with van der Waals surface area (Å²) in [6.45, 7) is 8.26. The number of alkyl halides is 3. The fourth-order valence-corrected chi connectivity index (χ4v) is 4.43. The lowest BCUT2D eigenvalue weighted by Crippen LogP contribution is -2.34. The summed E-state index contributed by atoms with van der Waals surface area (Å²) in [4.78, 5) is 40.9. The first kappa shape index (κ1) is 30.4. The highest BCUT2D eigenvalue weighted by Crippen LogP contribution is 2.32. The van der Waals surface area contributed by atoms with E-state index in [1.54, 1.807) is 37.6 Å². The molecular weight excluding hydrogens is 547 g/mol. The first-order chi connectivity index (χ1) is 20.0. The number of aromatic nitrogens is 3. The number of amides is 2. The number of hydrogen-bond acceptors (Lipinski definition) is 7. The van der Waals surface area contributed by atoms with E-state index in [0.29, 0.717) is 29.1 Å². The molecule has 3 N–H and O–H groups in total. The van der Waals surface area contributed by atoms with E-state index in [9.17, 15) is 22.8 Å². The maximum Gasteiger partial charge on any atom is 0.416 e. The van der Waals surface area contributed by atoms with Crippen LogP contribution in [0, 0.1) is 6.92 Å². The third kappa shape index (κ3) is 7.19. The lowest BCUT2D eigenvalue weighted by Gasteiger charge is -2.18. The van der Waals surface area contributed by atoms with E-state index in [1.165, 1.54) is 6.07 Å². The number of carbonyl (C=O) groups is 2. The van der Waals surface area contributed by atoms with Crippen molar-refractivity contribution in [2.24, 2.45) is 0 Å². The van der Waals surface area contributed by atoms with Crippen LogP contribution >= 0.6 is 0 Å². The summed E-state index contributed by atoms with van der Waals surface area (Å²) in [5, 5.41) is 8.75.